The van der Waals surface area contributed by atoms with Crippen molar-refractivity contribution in [3.05, 3.63) is 224 Å². The summed E-state index contributed by atoms with van der Waals surface area (Å²) in [4.78, 5) is 15.8. The van der Waals surface area contributed by atoms with Crippen LogP contribution in [0.2, 0.25) is 0 Å². The SMILES string of the molecule is c1ccc(-c2ccc3c(c2)c2cc(-c4ccccc4)ccc2n3-c2cc3c(cc2-c2nc(-c4ccccc4)nc(-c4ccccc4)n2)c2ccccc2n3-c2ccccc2)cc1. The highest BCUT2D eigenvalue weighted by Crippen LogP contribution is 2.43. The third-order valence-corrected chi connectivity index (χ3v) is 12.0. The largest absolute Gasteiger partial charge is 0.309 e. The van der Waals surface area contributed by atoms with Gasteiger partial charge in [-0.3, -0.25) is 0 Å². The third-order valence-electron chi connectivity index (χ3n) is 12.0. The highest BCUT2D eigenvalue weighted by Gasteiger charge is 2.24. The fraction of sp³-hybridized carbons (Fsp3) is 0. The first-order chi connectivity index (χ1) is 30.7. The monoisotopic (exact) mass is 791 g/mol. The van der Waals surface area contributed by atoms with Gasteiger partial charge in [0.05, 0.1) is 27.8 Å². The van der Waals surface area contributed by atoms with Crippen molar-refractivity contribution < 1.29 is 0 Å². The van der Waals surface area contributed by atoms with Crippen molar-refractivity contribution in [2.75, 3.05) is 0 Å². The Kier molecular flexibility index (Phi) is 8.42. The molecule has 0 saturated heterocycles. The molecule has 0 aliphatic carbocycles. The van der Waals surface area contributed by atoms with Gasteiger partial charge in [-0.1, -0.05) is 170 Å². The Bertz CT molecular complexity index is 3440. The number of rotatable bonds is 7. The van der Waals surface area contributed by atoms with Gasteiger partial charge in [-0.25, -0.2) is 15.0 Å². The summed E-state index contributed by atoms with van der Waals surface area (Å²) in [5.41, 5.74) is 13.9. The summed E-state index contributed by atoms with van der Waals surface area (Å²) >= 11 is 0. The van der Waals surface area contributed by atoms with Crippen LogP contribution >= 0.6 is 0 Å². The molecule has 5 nitrogen and oxygen atoms in total. The lowest BCUT2D eigenvalue weighted by Gasteiger charge is -2.17. The second-order valence-electron chi connectivity index (χ2n) is 15.6. The fourth-order valence-corrected chi connectivity index (χ4v) is 9.06. The maximum Gasteiger partial charge on any atom is 0.166 e. The van der Waals surface area contributed by atoms with Crippen LogP contribution < -0.4 is 0 Å². The number of hydrogen-bond donors (Lipinski definition) is 0. The lowest BCUT2D eigenvalue weighted by molar-refractivity contribution is 1.06. The summed E-state index contributed by atoms with van der Waals surface area (Å²) in [5.74, 6) is 1.84. The van der Waals surface area contributed by atoms with E-state index in [1.54, 1.807) is 0 Å². The molecule has 3 aromatic heterocycles. The molecule has 0 amide bonds. The molecule has 290 valence electrons. The van der Waals surface area contributed by atoms with Crippen LogP contribution in [-0.2, 0) is 0 Å². The minimum Gasteiger partial charge on any atom is -0.309 e. The van der Waals surface area contributed by atoms with Crippen LogP contribution in [0.1, 0.15) is 0 Å². The number of benzene rings is 9. The number of fused-ring (bicyclic) bond motifs is 6. The van der Waals surface area contributed by atoms with E-state index in [2.05, 4.69) is 197 Å². The third kappa shape index (κ3) is 5.98. The molecule has 0 aliphatic heterocycles. The van der Waals surface area contributed by atoms with E-state index in [1.807, 2.05) is 36.4 Å². The molecule has 0 aliphatic rings. The van der Waals surface area contributed by atoms with Gasteiger partial charge in [-0.2, -0.15) is 0 Å². The fourth-order valence-electron chi connectivity index (χ4n) is 9.06. The molecule has 12 aromatic rings. The average molecular weight is 792 g/mol. The summed E-state index contributed by atoms with van der Waals surface area (Å²) in [6.45, 7) is 0. The van der Waals surface area contributed by atoms with Crippen LogP contribution in [0.25, 0.3) is 111 Å². The zero-order chi connectivity index (χ0) is 41.0. The van der Waals surface area contributed by atoms with Gasteiger partial charge in [-0.15, -0.1) is 0 Å². The molecule has 0 radical (unpaired) electrons. The summed E-state index contributed by atoms with van der Waals surface area (Å²) in [7, 11) is 0. The van der Waals surface area contributed by atoms with Gasteiger partial charge in [0.2, 0.25) is 0 Å². The molecule has 3 heterocycles. The predicted octanol–water partition coefficient (Wildman–Crippen LogP) is 14.4. The first-order valence-electron chi connectivity index (χ1n) is 20.9. The minimum absolute atomic E-state index is 0.600. The molecule has 0 fully saturated rings. The van der Waals surface area contributed by atoms with Crippen molar-refractivity contribution in [2.45, 2.75) is 0 Å². The molecule has 5 heteroatoms. The van der Waals surface area contributed by atoms with Crippen molar-refractivity contribution >= 4 is 43.6 Å². The zero-order valence-electron chi connectivity index (χ0n) is 33.6. The van der Waals surface area contributed by atoms with Crippen LogP contribution in [0.15, 0.2) is 224 Å². The molecule has 9 aromatic carbocycles. The quantitative estimate of drug-likeness (QED) is 0.162. The lowest BCUT2D eigenvalue weighted by Crippen LogP contribution is -2.04. The summed E-state index contributed by atoms with van der Waals surface area (Å²) in [6, 6.07) is 79.4. The van der Waals surface area contributed by atoms with Gasteiger partial charge in [0, 0.05) is 43.9 Å². The molecule has 0 N–H and O–H groups in total. The molecule has 0 bridgehead atoms. The Balaban J connectivity index is 1.22. The second kappa shape index (κ2) is 14.7. The Morgan fingerprint density at radius 1 is 0.258 bits per heavy atom. The highest BCUT2D eigenvalue weighted by molar-refractivity contribution is 6.15. The molecule has 0 unspecified atom stereocenters. The standard InChI is InChI=1S/C57H37N5/c1-6-18-38(19-7-1)42-30-32-51-46(34-42)47-35-43(39-20-8-2-9-21-39)31-33-52(47)62(51)54-37-53-48(45-28-16-17-29-50(45)61(53)44-26-14-5-15-27-44)36-49(54)57-59-55(40-22-10-3-11-23-40)58-56(60-57)41-24-12-4-13-25-41/h1-37H. The number of para-hydroxylation sites is 2. The van der Waals surface area contributed by atoms with Crippen molar-refractivity contribution in [2.24, 2.45) is 0 Å². The Hall–Kier alpha value is -8.41. The van der Waals surface area contributed by atoms with Crippen LogP contribution in [0.4, 0.5) is 0 Å². The van der Waals surface area contributed by atoms with Crippen molar-refractivity contribution in [3.8, 4) is 67.8 Å². The Morgan fingerprint density at radius 2 is 0.677 bits per heavy atom. The van der Waals surface area contributed by atoms with E-state index in [0.29, 0.717) is 17.5 Å². The van der Waals surface area contributed by atoms with E-state index in [4.69, 9.17) is 15.0 Å². The summed E-state index contributed by atoms with van der Waals surface area (Å²) in [5, 5.41) is 4.60. The molecular weight excluding hydrogens is 755 g/mol. The second-order valence-corrected chi connectivity index (χ2v) is 15.6. The van der Waals surface area contributed by atoms with Gasteiger partial charge in [0.1, 0.15) is 0 Å². The van der Waals surface area contributed by atoms with Gasteiger partial charge in [0.25, 0.3) is 0 Å². The van der Waals surface area contributed by atoms with Gasteiger partial charge in [-0.05, 0) is 76.9 Å². The van der Waals surface area contributed by atoms with Crippen molar-refractivity contribution in [3.63, 3.8) is 0 Å². The Labute approximate surface area is 358 Å². The van der Waals surface area contributed by atoms with E-state index in [-0.39, 0.29) is 0 Å². The highest BCUT2D eigenvalue weighted by atomic mass is 15.1. The van der Waals surface area contributed by atoms with E-state index >= 15 is 0 Å². The van der Waals surface area contributed by atoms with Gasteiger partial charge in [0.15, 0.2) is 17.5 Å². The summed E-state index contributed by atoms with van der Waals surface area (Å²) < 4.78 is 4.80. The maximum absolute atomic E-state index is 5.35. The van der Waals surface area contributed by atoms with Crippen LogP contribution in [-0.4, -0.2) is 24.1 Å². The number of hydrogen-bond acceptors (Lipinski definition) is 3. The number of aromatic nitrogens is 5. The van der Waals surface area contributed by atoms with E-state index < -0.39 is 0 Å². The summed E-state index contributed by atoms with van der Waals surface area (Å²) in [6.07, 6.45) is 0. The smallest absolute Gasteiger partial charge is 0.166 e. The molecule has 62 heavy (non-hydrogen) atoms. The molecular formula is C57H37N5. The van der Waals surface area contributed by atoms with Crippen LogP contribution in [0.3, 0.4) is 0 Å². The zero-order valence-corrected chi connectivity index (χ0v) is 33.6. The van der Waals surface area contributed by atoms with Gasteiger partial charge < -0.3 is 9.13 Å². The van der Waals surface area contributed by atoms with Crippen molar-refractivity contribution in [1.82, 2.24) is 24.1 Å². The first-order valence-corrected chi connectivity index (χ1v) is 20.9. The molecule has 12 rings (SSSR count). The average Bonchev–Trinajstić information content (AvgIpc) is 3.86. The maximum atomic E-state index is 5.35. The van der Waals surface area contributed by atoms with Crippen molar-refractivity contribution in [1.29, 1.82) is 0 Å². The normalized spacial score (nSPS) is 11.5. The minimum atomic E-state index is 0.600. The van der Waals surface area contributed by atoms with Crippen LogP contribution in [0, 0.1) is 0 Å². The molecule has 0 atom stereocenters. The predicted molar refractivity (Wildman–Crippen MR) is 256 cm³/mol. The first kappa shape index (κ1) is 35.5. The van der Waals surface area contributed by atoms with E-state index in [1.165, 1.54) is 33.0 Å². The number of nitrogens with zero attached hydrogens (tertiary/aromatic N) is 5. The topological polar surface area (TPSA) is 48.5 Å². The molecule has 0 spiro atoms. The molecule has 0 saturated carbocycles. The van der Waals surface area contributed by atoms with E-state index in [9.17, 15) is 0 Å². The van der Waals surface area contributed by atoms with Crippen LogP contribution in [0.5, 0.6) is 0 Å². The van der Waals surface area contributed by atoms with E-state index in [0.717, 1.165) is 60.9 Å². The van der Waals surface area contributed by atoms with Gasteiger partial charge >= 0.3 is 0 Å². The Morgan fingerprint density at radius 3 is 1.21 bits per heavy atom. The lowest BCUT2D eigenvalue weighted by atomic mass is 10.0.